The Hall–Kier alpha value is -3.88. The van der Waals surface area contributed by atoms with E-state index in [1.807, 2.05) is 60.7 Å². The summed E-state index contributed by atoms with van der Waals surface area (Å²) in [5.74, 6) is 2.08. The van der Waals surface area contributed by atoms with Crippen molar-refractivity contribution in [2.45, 2.75) is 19.4 Å². The number of benzene rings is 3. The lowest BCUT2D eigenvalue weighted by Gasteiger charge is -2.22. The number of carbonyl (C=O) groups excluding carboxylic acids is 1. The van der Waals surface area contributed by atoms with Crippen molar-refractivity contribution in [1.29, 1.82) is 0 Å². The number of amides is 1. The van der Waals surface area contributed by atoms with Crippen LogP contribution in [0.25, 0.3) is 11.4 Å². The van der Waals surface area contributed by atoms with Gasteiger partial charge in [0.1, 0.15) is 6.61 Å². The molecule has 0 spiro atoms. The summed E-state index contributed by atoms with van der Waals surface area (Å²) >= 11 is 6.08. The van der Waals surface area contributed by atoms with Gasteiger partial charge in [0.15, 0.2) is 11.5 Å². The number of methoxy groups -OCH3 is 2. The van der Waals surface area contributed by atoms with Crippen molar-refractivity contribution in [3.63, 3.8) is 0 Å². The number of halogens is 1. The fourth-order valence-electron chi connectivity index (χ4n) is 3.91. The molecule has 0 fully saturated rings. The smallest absolute Gasteiger partial charge is 0.248 e. The first kappa shape index (κ1) is 27.2. The van der Waals surface area contributed by atoms with Gasteiger partial charge in [-0.2, -0.15) is 4.98 Å². The van der Waals surface area contributed by atoms with Gasteiger partial charge in [-0.05, 0) is 41.8 Å². The molecule has 1 heterocycles. The Kier molecular flexibility index (Phi) is 9.72. The molecule has 8 nitrogen and oxygen atoms in total. The maximum Gasteiger partial charge on any atom is 0.248 e. The molecule has 3 aromatic carbocycles. The zero-order chi connectivity index (χ0) is 26.7. The Morgan fingerprint density at radius 3 is 2.45 bits per heavy atom. The third-order valence-corrected chi connectivity index (χ3v) is 6.19. The second-order valence-corrected chi connectivity index (χ2v) is 9.01. The number of rotatable bonds is 13. The summed E-state index contributed by atoms with van der Waals surface area (Å²) in [6, 6.07) is 22.8. The predicted octanol–water partition coefficient (Wildman–Crippen LogP) is 5.24. The average Bonchev–Trinajstić information content (AvgIpc) is 3.42. The zero-order valence-corrected chi connectivity index (χ0v) is 22.2. The topological polar surface area (TPSA) is 86.9 Å². The van der Waals surface area contributed by atoms with Crippen LogP contribution >= 0.6 is 11.6 Å². The normalized spacial score (nSPS) is 10.8. The highest BCUT2D eigenvalue weighted by Gasteiger charge is 2.17. The molecule has 0 aliphatic heterocycles. The van der Waals surface area contributed by atoms with Gasteiger partial charge in [-0.3, -0.25) is 4.79 Å². The fourth-order valence-corrected chi connectivity index (χ4v) is 4.11. The number of hydrogen-bond donors (Lipinski definition) is 0. The Morgan fingerprint density at radius 2 is 1.68 bits per heavy atom. The highest BCUT2D eigenvalue weighted by Crippen LogP contribution is 2.28. The van der Waals surface area contributed by atoms with E-state index >= 15 is 0 Å². The molecule has 4 rings (SSSR count). The van der Waals surface area contributed by atoms with Crippen LogP contribution in [-0.4, -0.2) is 54.9 Å². The molecule has 0 saturated carbocycles. The molecular weight excluding hydrogens is 506 g/mol. The van der Waals surface area contributed by atoms with E-state index in [1.54, 1.807) is 31.3 Å². The van der Waals surface area contributed by atoms with Gasteiger partial charge in [-0.25, -0.2) is 0 Å². The molecule has 1 amide bonds. The van der Waals surface area contributed by atoms with E-state index in [9.17, 15) is 4.79 Å². The van der Waals surface area contributed by atoms with Crippen LogP contribution in [-0.2, 0) is 29.0 Å². The van der Waals surface area contributed by atoms with E-state index in [4.69, 9.17) is 30.3 Å². The van der Waals surface area contributed by atoms with E-state index in [0.717, 1.165) is 16.7 Å². The van der Waals surface area contributed by atoms with Crippen molar-refractivity contribution in [3.8, 4) is 22.9 Å². The summed E-state index contributed by atoms with van der Waals surface area (Å²) in [6.45, 7) is 1.22. The second kappa shape index (κ2) is 13.6. The van der Waals surface area contributed by atoms with Crippen LogP contribution < -0.4 is 9.47 Å². The number of aromatic nitrogens is 2. The lowest BCUT2D eigenvalue weighted by atomic mass is 10.1. The predicted molar refractivity (Wildman–Crippen MR) is 144 cm³/mol. The molecule has 9 heteroatoms. The van der Waals surface area contributed by atoms with Crippen molar-refractivity contribution in [2.75, 3.05) is 33.9 Å². The fraction of sp³-hybridized carbons (Fsp3) is 0.276. The SMILES string of the molecule is COc1ccc(CCN(CCc2nc(-c3cccc(Cl)c3)no2)C(=O)COCc2ccccc2)cc1OC. The van der Waals surface area contributed by atoms with Gasteiger partial charge in [0, 0.05) is 30.1 Å². The van der Waals surface area contributed by atoms with Crippen molar-refractivity contribution in [1.82, 2.24) is 15.0 Å². The summed E-state index contributed by atoms with van der Waals surface area (Å²) in [4.78, 5) is 19.4. The van der Waals surface area contributed by atoms with E-state index in [1.165, 1.54) is 0 Å². The molecule has 198 valence electrons. The van der Waals surface area contributed by atoms with Crippen LogP contribution in [0.3, 0.4) is 0 Å². The first-order valence-corrected chi connectivity index (χ1v) is 12.6. The van der Waals surface area contributed by atoms with E-state index in [2.05, 4.69) is 10.1 Å². The van der Waals surface area contributed by atoms with Crippen molar-refractivity contribution in [3.05, 3.63) is 94.8 Å². The minimum atomic E-state index is -0.115. The van der Waals surface area contributed by atoms with E-state index < -0.39 is 0 Å². The van der Waals surface area contributed by atoms with Gasteiger partial charge in [-0.1, -0.05) is 65.3 Å². The van der Waals surface area contributed by atoms with Crippen LogP contribution in [0, 0.1) is 0 Å². The van der Waals surface area contributed by atoms with Gasteiger partial charge in [0.05, 0.1) is 20.8 Å². The Labute approximate surface area is 227 Å². The first-order valence-electron chi connectivity index (χ1n) is 12.2. The Morgan fingerprint density at radius 1 is 0.895 bits per heavy atom. The lowest BCUT2D eigenvalue weighted by molar-refractivity contribution is -0.136. The third-order valence-electron chi connectivity index (χ3n) is 5.95. The lowest BCUT2D eigenvalue weighted by Crippen LogP contribution is -2.37. The average molecular weight is 536 g/mol. The number of hydrogen-bond acceptors (Lipinski definition) is 7. The standard InChI is InChI=1S/C29H30ClN3O5/c1-35-25-12-11-21(17-26(25)36-2)13-15-33(28(34)20-37-19-22-7-4-3-5-8-22)16-14-27-31-29(32-38-27)23-9-6-10-24(30)18-23/h3-12,17-18H,13-16,19-20H2,1-2H3. The summed E-state index contributed by atoms with van der Waals surface area (Å²) in [5, 5.41) is 4.66. The van der Waals surface area contributed by atoms with E-state index in [0.29, 0.717) is 60.8 Å². The molecule has 0 radical (unpaired) electrons. The van der Waals surface area contributed by atoms with E-state index in [-0.39, 0.29) is 12.5 Å². The summed E-state index contributed by atoms with van der Waals surface area (Å²) < 4.78 is 21.9. The highest BCUT2D eigenvalue weighted by atomic mass is 35.5. The quantitative estimate of drug-likeness (QED) is 0.231. The van der Waals surface area contributed by atoms with Crippen LogP contribution in [0.15, 0.2) is 77.3 Å². The van der Waals surface area contributed by atoms with Crippen molar-refractivity contribution in [2.24, 2.45) is 0 Å². The van der Waals surface area contributed by atoms with Gasteiger partial charge in [0.2, 0.25) is 17.6 Å². The summed E-state index contributed by atoms with van der Waals surface area (Å²) in [6.07, 6.45) is 1.03. The minimum absolute atomic E-state index is 0.0293. The van der Waals surface area contributed by atoms with Crippen molar-refractivity contribution >= 4 is 17.5 Å². The molecule has 0 bridgehead atoms. The Bertz CT molecular complexity index is 1330. The van der Waals surface area contributed by atoms with Crippen molar-refractivity contribution < 1.29 is 23.5 Å². The monoisotopic (exact) mass is 535 g/mol. The van der Waals surface area contributed by atoms with Crippen LogP contribution in [0.2, 0.25) is 5.02 Å². The largest absolute Gasteiger partial charge is 0.493 e. The molecule has 1 aromatic heterocycles. The molecule has 0 atom stereocenters. The maximum absolute atomic E-state index is 13.1. The highest BCUT2D eigenvalue weighted by molar-refractivity contribution is 6.30. The maximum atomic E-state index is 13.1. The molecule has 0 saturated heterocycles. The van der Waals surface area contributed by atoms with Crippen LogP contribution in [0.1, 0.15) is 17.0 Å². The molecule has 0 unspecified atom stereocenters. The third kappa shape index (κ3) is 7.57. The molecule has 4 aromatic rings. The molecular formula is C29H30ClN3O5. The van der Waals surface area contributed by atoms with Gasteiger partial charge >= 0.3 is 0 Å². The molecule has 0 aliphatic rings. The number of ether oxygens (including phenoxy) is 3. The second-order valence-electron chi connectivity index (χ2n) is 8.57. The summed E-state index contributed by atoms with van der Waals surface area (Å²) in [7, 11) is 3.20. The van der Waals surface area contributed by atoms with Crippen LogP contribution in [0.4, 0.5) is 0 Å². The Balaban J connectivity index is 1.40. The number of nitrogens with zero attached hydrogens (tertiary/aromatic N) is 3. The summed E-state index contributed by atoms with van der Waals surface area (Å²) in [5.41, 5.74) is 2.80. The number of carbonyl (C=O) groups is 1. The van der Waals surface area contributed by atoms with Gasteiger partial charge in [-0.15, -0.1) is 0 Å². The van der Waals surface area contributed by atoms with Gasteiger partial charge < -0.3 is 23.6 Å². The molecule has 38 heavy (non-hydrogen) atoms. The van der Waals surface area contributed by atoms with Crippen LogP contribution in [0.5, 0.6) is 11.5 Å². The first-order chi connectivity index (χ1) is 18.6. The van der Waals surface area contributed by atoms with Gasteiger partial charge in [0.25, 0.3) is 0 Å². The molecule has 0 aliphatic carbocycles. The molecule has 0 N–H and O–H groups in total. The zero-order valence-electron chi connectivity index (χ0n) is 21.4. The minimum Gasteiger partial charge on any atom is -0.493 e.